The number of aliphatic carboxylic acids is 1. The molecule has 1 N–H and O–H groups in total. The minimum atomic E-state index is -1.23. The molecule has 2 heterocycles. The molecule has 1 aliphatic rings. The third kappa shape index (κ3) is 5.81. The number of carboxylic acid groups (broad SMARTS) is 1. The topological polar surface area (TPSA) is 88.8 Å². The van der Waals surface area contributed by atoms with Crippen LogP contribution in [-0.4, -0.2) is 44.8 Å². The minimum absolute atomic E-state index is 0.220. The molecule has 0 bridgehead atoms. The summed E-state index contributed by atoms with van der Waals surface area (Å²) in [4.78, 5) is 36.7. The fourth-order valence-corrected chi connectivity index (χ4v) is 5.32. The monoisotopic (exact) mass is 526 g/mol. The Morgan fingerprint density at radius 3 is 2.53 bits per heavy atom. The van der Waals surface area contributed by atoms with E-state index >= 15 is 0 Å². The largest absolute Gasteiger partial charge is 0.494 e. The van der Waals surface area contributed by atoms with Crippen LogP contribution in [0.3, 0.4) is 0 Å². The van der Waals surface area contributed by atoms with Gasteiger partial charge in [-0.1, -0.05) is 60.7 Å². The summed E-state index contributed by atoms with van der Waals surface area (Å²) in [6.45, 7) is 0.613. The summed E-state index contributed by atoms with van der Waals surface area (Å²) in [6, 6.07) is 26.3. The molecule has 1 fully saturated rings. The predicted molar refractivity (Wildman–Crippen MR) is 148 cm³/mol. The number of amides is 2. The summed E-state index contributed by atoms with van der Waals surface area (Å²) >= 11 is 0.763. The third-order valence-electron chi connectivity index (χ3n) is 6.23. The molecule has 1 aliphatic heterocycles. The Hall–Kier alpha value is -4.30. The maximum Gasteiger partial charge on any atom is 0.323 e. The maximum absolute atomic E-state index is 12.6. The molecule has 0 aliphatic carbocycles. The quantitative estimate of drug-likeness (QED) is 0.207. The Morgan fingerprint density at radius 2 is 1.71 bits per heavy atom. The van der Waals surface area contributed by atoms with Crippen LogP contribution < -0.4 is 4.74 Å². The van der Waals surface area contributed by atoms with Crippen molar-refractivity contribution in [2.75, 3.05) is 13.2 Å². The molecule has 8 heteroatoms. The van der Waals surface area contributed by atoms with E-state index in [4.69, 9.17) is 9.84 Å². The molecule has 4 aromatic rings. The lowest BCUT2D eigenvalue weighted by Crippen LogP contribution is -2.33. The number of hydrogen-bond acceptors (Lipinski definition) is 5. The first-order chi connectivity index (χ1) is 18.5. The molecule has 38 heavy (non-hydrogen) atoms. The average molecular weight is 527 g/mol. The van der Waals surface area contributed by atoms with Crippen LogP contribution in [0.4, 0.5) is 4.79 Å². The maximum atomic E-state index is 12.6. The molecule has 0 spiro atoms. The second-order valence-corrected chi connectivity index (χ2v) is 9.96. The van der Waals surface area contributed by atoms with Crippen LogP contribution in [0.5, 0.6) is 5.75 Å². The number of fused-ring (bicyclic) bond motifs is 1. The van der Waals surface area contributed by atoms with E-state index in [1.54, 1.807) is 6.08 Å². The van der Waals surface area contributed by atoms with E-state index in [2.05, 4.69) is 28.8 Å². The van der Waals surface area contributed by atoms with E-state index < -0.39 is 23.7 Å². The number of benzene rings is 3. The lowest BCUT2D eigenvalue weighted by atomic mass is 10.1. The Kier molecular flexibility index (Phi) is 7.60. The van der Waals surface area contributed by atoms with Crippen molar-refractivity contribution in [3.63, 3.8) is 0 Å². The first-order valence-corrected chi connectivity index (χ1v) is 13.1. The normalized spacial score (nSPS) is 14.5. The van der Waals surface area contributed by atoms with Crippen molar-refractivity contribution in [2.24, 2.45) is 0 Å². The number of hydrogen-bond donors (Lipinski definition) is 1. The van der Waals surface area contributed by atoms with Crippen molar-refractivity contribution >= 4 is 45.9 Å². The van der Waals surface area contributed by atoms with E-state index in [0.717, 1.165) is 51.7 Å². The minimum Gasteiger partial charge on any atom is -0.494 e. The highest BCUT2D eigenvalue weighted by Gasteiger charge is 2.36. The highest BCUT2D eigenvalue weighted by molar-refractivity contribution is 8.18. The number of para-hydroxylation sites is 1. The molecular formula is C30H26N2O5S. The van der Waals surface area contributed by atoms with E-state index in [9.17, 15) is 14.4 Å². The second-order valence-electron chi connectivity index (χ2n) is 8.97. The van der Waals surface area contributed by atoms with Gasteiger partial charge in [0.15, 0.2) is 0 Å². The molecule has 0 unspecified atom stereocenters. The number of carbonyl (C=O) groups excluding carboxylic acids is 2. The number of thioether (sulfide) groups is 1. The number of rotatable bonds is 10. The summed E-state index contributed by atoms with van der Waals surface area (Å²) in [6.07, 6.45) is 5.25. The molecular weight excluding hydrogens is 500 g/mol. The summed E-state index contributed by atoms with van der Waals surface area (Å²) in [5.74, 6) is -0.967. The summed E-state index contributed by atoms with van der Waals surface area (Å²) < 4.78 is 8.15. The van der Waals surface area contributed by atoms with Gasteiger partial charge in [-0.05, 0) is 60.0 Å². The van der Waals surface area contributed by atoms with E-state index in [1.807, 2.05) is 60.8 Å². The van der Waals surface area contributed by atoms with Gasteiger partial charge in [-0.25, -0.2) is 0 Å². The number of aromatic nitrogens is 1. The number of imide groups is 1. The molecule has 5 rings (SSSR count). The van der Waals surface area contributed by atoms with Gasteiger partial charge in [0, 0.05) is 29.2 Å². The lowest BCUT2D eigenvalue weighted by molar-refractivity contribution is -0.140. The molecule has 192 valence electrons. The van der Waals surface area contributed by atoms with Crippen LogP contribution in [0.15, 0.2) is 90.0 Å². The van der Waals surface area contributed by atoms with Crippen LogP contribution in [-0.2, 0) is 22.6 Å². The zero-order valence-electron chi connectivity index (χ0n) is 20.6. The van der Waals surface area contributed by atoms with Gasteiger partial charge in [0.05, 0.1) is 11.5 Å². The van der Waals surface area contributed by atoms with Gasteiger partial charge >= 0.3 is 5.97 Å². The fourth-order valence-electron chi connectivity index (χ4n) is 4.49. The van der Waals surface area contributed by atoms with E-state index in [1.165, 1.54) is 11.1 Å². The zero-order valence-corrected chi connectivity index (χ0v) is 21.4. The standard InChI is InChI=1S/C30H26N2O5S/c33-28(34)20-32-29(35)27(38-30(32)36)18-23-19-31(26-13-5-4-12-25(23)26)14-7-15-37-24-11-6-10-22(17-24)16-21-8-2-1-3-9-21/h1-6,8-13,17-19H,7,14-16,20H2,(H,33,34)/b27-18+. The number of nitrogens with zero attached hydrogens (tertiary/aromatic N) is 2. The summed E-state index contributed by atoms with van der Waals surface area (Å²) in [5, 5.41) is 9.37. The number of carboxylic acids is 1. The SMILES string of the molecule is O=C(O)CN1C(=O)S/C(=C/c2cn(CCCOc3cccc(Cc4ccccc4)c3)c3ccccc23)C1=O. The first-order valence-electron chi connectivity index (χ1n) is 12.3. The van der Waals surface area contributed by atoms with Gasteiger partial charge in [0.2, 0.25) is 0 Å². The van der Waals surface area contributed by atoms with Crippen LogP contribution in [0.2, 0.25) is 0 Å². The van der Waals surface area contributed by atoms with Crippen molar-refractivity contribution in [1.82, 2.24) is 9.47 Å². The van der Waals surface area contributed by atoms with E-state index in [-0.39, 0.29) is 4.91 Å². The van der Waals surface area contributed by atoms with Gasteiger partial charge in [-0.15, -0.1) is 0 Å². The fraction of sp³-hybridized carbons (Fsp3) is 0.167. The highest BCUT2D eigenvalue weighted by atomic mass is 32.2. The van der Waals surface area contributed by atoms with Crippen LogP contribution >= 0.6 is 11.8 Å². The number of ether oxygens (including phenoxy) is 1. The second kappa shape index (κ2) is 11.4. The molecule has 1 aromatic heterocycles. The highest BCUT2D eigenvalue weighted by Crippen LogP contribution is 2.34. The molecule has 7 nitrogen and oxygen atoms in total. The number of aryl methyl sites for hydroxylation is 1. The zero-order chi connectivity index (χ0) is 26.5. The van der Waals surface area contributed by atoms with Crippen LogP contribution in [0, 0.1) is 0 Å². The number of carbonyl (C=O) groups is 3. The molecule has 0 saturated carbocycles. The van der Waals surface area contributed by atoms with Crippen LogP contribution in [0.1, 0.15) is 23.1 Å². The Labute approximate surface area is 224 Å². The Balaban J connectivity index is 1.24. The molecule has 1 saturated heterocycles. The van der Waals surface area contributed by atoms with Crippen LogP contribution in [0.25, 0.3) is 17.0 Å². The van der Waals surface area contributed by atoms with Gasteiger partial charge < -0.3 is 14.4 Å². The van der Waals surface area contributed by atoms with E-state index in [0.29, 0.717) is 13.2 Å². The van der Waals surface area contributed by atoms with Crippen molar-refractivity contribution in [3.8, 4) is 5.75 Å². The van der Waals surface area contributed by atoms with Gasteiger partial charge in [0.25, 0.3) is 11.1 Å². The smallest absolute Gasteiger partial charge is 0.323 e. The van der Waals surface area contributed by atoms with Gasteiger partial charge in [0.1, 0.15) is 12.3 Å². The lowest BCUT2D eigenvalue weighted by Gasteiger charge is -2.09. The summed E-state index contributed by atoms with van der Waals surface area (Å²) in [7, 11) is 0. The summed E-state index contributed by atoms with van der Waals surface area (Å²) in [5.41, 5.74) is 4.26. The van der Waals surface area contributed by atoms with Crippen molar-refractivity contribution in [1.29, 1.82) is 0 Å². The molecule has 2 amide bonds. The van der Waals surface area contributed by atoms with Gasteiger partial charge in [-0.2, -0.15) is 0 Å². The van der Waals surface area contributed by atoms with Crippen molar-refractivity contribution in [2.45, 2.75) is 19.4 Å². The average Bonchev–Trinajstić information content (AvgIpc) is 3.39. The first kappa shape index (κ1) is 25.4. The molecule has 0 atom stereocenters. The third-order valence-corrected chi connectivity index (χ3v) is 7.14. The van der Waals surface area contributed by atoms with Crippen molar-refractivity contribution < 1.29 is 24.2 Å². The van der Waals surface area contributed by atoms with Gasteiger partial charge in [-0.3, -0.25) is 19.3 Å². The van der Waals surface area contributed by atoms with Crippen molar-refractivity contribution in [3.05, 3.63) is 107 Å². The molecule has 0 radical (unpaired) electrons. The Bertz CT molecular complexity index is 1530. The Morgan fingerprint density at radius 1 is 0.947 bits per heavy atom. The molecule has 3 aromatic carbocycles. The predicted octanol–water partition coefficient (Wildman–Crippen LogP) is 5.82.